The summed E-state index contributed by atoms with van der Waals surface area (Å²) in [6, 6.07) is 0.0224. The summed E-state index contributed by atoms with van der Waals surface area (Å²) in [4.78, 5) is 0. The summed E-state index contributed by atoms with van der Waals surface area (Å²) >= 11 is 0. The first-order valence-corrected chi connectivity index (χ1v) is 4.94. The number of halogens is 2. The minimum absolute atomic E-state index is 0.0174. The molecule has 0 aromatic heterocycles. The smallest absolute Gasteiger partial charge is 0.254 e. The molecule has 0 bridgehead atoms. The quantitative estimate of drug-likeness (QED) is 0.707. The molecule has 0 amide bonds. The molecule has 0 spiro atoms. The third-order valence-corrected chi connectivity index (χ3v) is 2.76. The van der Waals surface area contributed by atoms with E-state index in [9.17, 15) is 8.78 Å². The third kappa shape index (κ3) is 2.63. The summed E-state index contributed by atoms with van der Waals surface area (Å²) in [5.74, 6) is -2.56. The summed E-state index contributed by atoms with van der Waals surface area (Å²) < 4.78 is 27.1. The van der Waals surface area contributed by atoms with Crippen LogP contribution in [0.15, 0.2) is 0 Å². The highest BCUT2D eigenvalue weighted by molar-refractivity contribution is 4.88. The van der Waals surface area contributed by atoms with Crippen LogP contribution in [0.2, 0.25) is 0 Å². The van der Waals surface area contributed by atoms with Crippen LogP contribution >= 0.6 is 0 Å². The first-order chi connectivity index (χ1) is 5.83. The zero-order chi connectivity index (χ0) is 10.1. The molecule has 78 valence electrons. The molecule has 0 saturated carbocycles. The van der Waals surface area contributed by atoms with Gasteiger partial charge in [-0.2, -0.15) is 0 Å². The Morgan fingerprint density at radius 1 is 1.31 bits per heavy atom. The van der Waals surface area contributed by atoms with E-state index in [0.29, 0.717) is 0 Å². The Labute approximate surface area is 78.9 Å². The van der Waals surface area contributed by atoms with E-state index in [1.165, 1.54) is 0 Å². The molecule has 0 aromatic rings. The zero-order valence-corrected chi connectivity index (χ0v) is 8.66. The predicted octanol–water partition coefficient (Wildman–Crippen LogP) is 2.81. The van der Waals surface area contributed by atoms with Crippen LogP contribution in [0.1, 0.15) is 40.0 Å². The Hall–Kier alpha value is -0.180. The molecule has 1 aliphatic rings. The average Bonchev–Trinajstić information content (AvgIpc) is 2.35. The van der Waals surface area contributed by atoms with Gasteiger partial charge in [-0.1, -0.05) is 20.8 Å². The molecule has 1 N–H and O–H groups in total. The molecule has 1 rings (SSSR count). The van der Waals surface area contributed by atoms with Crippen LogP contribution < -0.4 is 5.32 Å². The van der Waals surface area contributed by atoms with Crippen molar-refractivity contribution in [2.24, 2.45) is 5.41 Å². The standard InChI is InChI=1S/C10H19F2N/c1-9(2,3)10(11,12)7-8-5-4-6-13-8/h8,13H,4-7H2,1-3H3. The Bertz CT molecular complexity index is 166. The van der Waals surface area contributed by atoms with Crippen molar-refractivity contribution in [1.29, 1.82) is 0 Å². The fourth-order valence-electron chi connectivity index (χ4n) is 1.55. The molecule has 3 heteroatoms. The maximum atomic E-state index is 13.5. The second-order valence-corrected chi connectivity index (χ2v) is 4.95. The fraction of sp³-hybridized carbons (Fsp3) is 1.00. The number of nitrogens with one attached hydrogen (secondary N) is 1. The van der Waals surface area contributed by atoms with E-state index in [0.717, 1.165) is 19.4 Å². The zero-order valence-electron chi connectivity index (χ0n) is 8.66. The van der Waals surface area contributed by atoms with Crippen molar-refractivity contribution >= 4 is 0 Å². The van der Waals surface area contributed by atoms with Crippen molar-refractivity contribution in [2.45, 2.75) is 52.0 Å². The van der Waals surface area contributed by atoms with Crippen LogP contribution in [0.3, 0.4) is 0 Å². The number of hydrogen-bond acceptors (Lipinski definition) is 1. The maximum absolute atomic E-state index is 13.5. The van der Waals surface area contributed by atoms with Crippen molar-refractivity contribution < 1.29 is 8.78 Å². The molecule has 0 aliphatic carbocycles. The van der Waals surface area contributed by atoms with Crippen LogP contribution in [0.5, 0.6) is 0 Å². The van der Waals surface area contributed by atoms with Crippen LogP contribution in [-0.4, -0.2) is 18.5 Å². The number of hydrogen-bond donors (Lipinski definition) is 1. The molecule has 1 saturated heterocycles. The van der Waals surface area contributed by atoms with Gasteiger partial charge in [0.25, 0.3) is 5.92 Å². The molecular weight excluding hydrogens is 172 g/mol. The van der Waals surface area contributed by atoms with Crippen LogP contribution in [-0.2, 0) is 0 Å². The van der Waals surface area contributed by atoms with Gasteiger partial charge in [-0.25, -0.2) is 8.78 Å². The SMILES string of the molecule is CC(C)(C)C(F)(F)CC1CCCN1. The molecule has 1 aliphatic heterocycles. The lowest BCUT2D eigenvalue weighted by Gasteiger charge is -2.32. The van der Waals surface area contributed by atoms with E-state index >= 15 is 0 Å². The van der Waals surface area contributed by atoms with Gasteiger partial charge in [-0.05, 0) is 19.4 Å². The topological polar surface area (TPSA) is 12.0 Å². The van der Waals surface area contributed by atoms with Gasteiger partial charge in [-0.3, -0.25) is 0 Å². The largest absolute Gasteiger partial charge is 0.314 e. The Morgan fingerprint density at radius 3 is 2.31 bits per heavy atom. The van der Waals surface area contributed by atoms with E-state index < -0.39 is 11.3 Å². The first-order valence-electron chi connectivity index (χ1n) is 4.94. The van der Waals surface area contributed by atoms with Crippen LogP contribution in [0.25, 0.3) is 0 Å². The monoisotopic (exact) mass is 191 g/mol. The lowest BCUT2D eigenvalue weighted by molar-refractivity contribution is -0.107. The minimum atomic E-state index is -2.56. The summed E-state index contributed by atoms with van der Waals surface area (Å²) in [6.45, 7) is 5.69. The van der Waals surface area contributed by atoms with Gasteiger partial charge in [0.15, 0.2) is 0 Å². The number of rotatable bonds is 2. The molecule has 0 aromatic carbocycles. The Morgan fingerprint density at radius 2 is 1.92 bits per heavy atom. The molecule has 13 heavy (non-hydrogen) atoms. The summed E-state index contributed by atoms with van der Waals surface area (Å²) in [6.07, 6.45) is 1.91. The molecule has 1 nitrogen and oxygen atoms in total. The second kappa shape index (κ2) is 3.52. The van der Waals surface area contributed by atoms with Crippen LogP contribution in [0.4, 0.5) is 8.78 Å². The fourth-order valence-corrected chi connectivity index (χ4v) is 1.55. The van der Waals surface area contributed by atoms with Gasteiger partial charge in [0.2, 0.25) is 0 Å². The third-order valence-electron chi connectivity index (χ3n) is 2.76. The van der Waals surface area contributed by atoms with E-state index in [4.69, 9.17) is 0 Å². The molecular formula is C10H19F2N. The highest BCUT2D eigenvalue weighted by Crippen LogP contribution is 2.40. The average molecular weight is 191 g/mol. The summed E-state index contributed by atoms with van der Waals surface area (Å²) in [5, 5.41) is 3.10. The Kier molecular flexibility index (Phi) is 2.95. The van der Waals surface area contributed by atoms with Crippen molar-refractivity contribution in [3.8, 4) is 0 Å². The van der Waals surface area contributed by atoms with E-state index in [2.05, 4.69) is 5.32 Å². The van der Waals surface area contributed by atoms with Gasteiger partial charge < -0.3 is 5.32 Å². The minimum Gasteiger partial charge on any atom is -0.314 e. The molecule has 1 fully saturated rings. The normalized spacial score (nSPS) is 25.2. The summed E-state index contributed by atoms with van der Waals surface area (Å²) in [7, 11) is 0. The van der Waals surface area contributed by atoms with Gasteiger partial charge in [0.05, 0.1) is 0 Å². The van der Waals surface area contributed by atoms with E-state index in [-0.39, 0.29) is 12.5 Å². The van der Waals surface area contributed by atoms with E-state index in [1.54, 1.807) is 20.8 Å². The summed E-state index contributed by atoms with van der Waals surface area (Å²) in [5.41, 5.74) is -0.919. The van der Waals surface area contributed by atoms with Gasteiger partial charge in [0.1, 0.15) is 0 Å². The van der Waals surface area contributed by atoms with Crippen LogP contribution in [0, 0.1) is 5.41 Å². The maximum Gasteiger partial charge on any atom is 0.254 e. The lowest BCUT2D eigenvalue weighted by atomic mass is 9.84. The van der Waals surface area contributed by atoms with Crippen molar-refractivity contribution in [2.75, 3.05) is 6.54 Å². The van der Waals surface area contributed by atoms with E-state index in [1.807, 2.05) is 0 Å². The Balaban J connectivity index is 2.50. The van der Waals surface area contributed by atoms with Gasteiger partial charge >= 0.3 is 0 Å². The first kappa shape index (κ1) is 10.9. The molecule has 0 radical (unpaired) electrons. The van der Waals surface area contributed by atoms with Gasteiger partial charge in [0, 0.05) is 17.9 Å². The van der Waals surface area contributed by atoms with Crippen molar-refractivity contribution in [3.05, 3.63) is 0 Å². The van der Waals surface area contributed by atoms with Crippen molar-refractivity contribution in [3.63, 3.8) is 0 Å². The second-order valence-electron chi connectivity index (χ2n) is 4.95. The molecule has 1 unspecified atom stereocenters. The highest BCUT2D eigenvalue weighted by atomic mass is 19.3. The highest BCUT2D eigenvalue weighted by Gasteiger charge is 2.44. The van der Waals surface area contributed by atoms with Crippen molar-refractivity contribution in [1.82, 2.24) is 5.32 Å². The number of alkyl halides is 2. The predicted molar refractivity (Wildman–Crippen MR) is 50.0 cm³/mol. The lowest BCUT2D eigenvalue weighted by Crippen LogP contribution is -2.39. The molecule has 1 atom stereocenters. The molecule has 1 heterocycles. The van der Waals surface area contributed by atoms with Gasteiger partial charge in [-0.15, -0.1) is 0 Å².